The Bertz CT molecular complexity index is 1350. The second-order valence-corrected chi connectivity index (χ2v) is 7.51. The van der Waals surface area contributed by atoms with E-state index in [1.165, 1.54) is 24.1 Å². The summed E-state index contributed by atoms with van der Waals surface area (Å²) in [7, 11) is 1.50. The van der Waals surface area contributed by atoms with Crippen molar-refractivity contribution in [2.75, 3.05) is 7.11 Å². The Hall–Kier alpha value is -4.13. The summed E-state index contributed by atoms with van der Waals surface area (Å²) < 4.78 is 19.8. The average molecular weight is 427 g/mol. The number of hydrogen-bond donors (Lipinski definition) is 0. The van der Waals surface area contributed by atoms with Crippen LogP contribution in [0.1, 0.15) is 39.4 Å². The van der Waals surface area contributed by atoms with E-state index in [0.717, 1.165) is 0 Å². The van der Waals surface area contributed by atoms with Gasteiger partial charge in [0.25, 0.3) is 11.8 Å². The number of imide groups is 1. The van der Waals surface area contributed by atoms with Crippen molar-refractivity contribution in [3.63, 3.8) is 0 Å². The van der Waals surface area contributed by atoms with Crippen molar-refractivity contribution in [3.8, 4) is 16.9 Å². The van der Waals surface area contributed by atoms with E-state index in [1.807, 2.05) is 6.07 Å². The van der Waals surface area contributed by atoms with E-state index in [0.29, 0.717) is 44.6 Å². The quantitative estimate of drug-likeness (QED) is 0.438. The Balaban J connectivity index is 1.76. The first-order chi connectivity index (χ1) is 15.5. The van der Waals surface area contributed by atoms with Crippen molar-refractivity contribution >= 4 is 22.7 Å². The lowest BCUT2D eigenvalue weighted by Gasteiger charge is -2.26. The molecule has 2 aromatic heterocycles. The van der Waals surface area contributed by atoms with Gasteiger partial charge in [-0.25, -0.2) is 9.37 Å². The van der Waals surface area contributed by atoms with Gasteiger partial charge in [-0.15, -0.1) is 0 Å². The second kappa shape index (κ2) is 7.53. The lowest BCUT2D eigenvalue weighted by Crippen LogP contribution is -2.33. The minimum absolute atomic E-state index is 0.363. The van der Waals surface area contributed by atoms with Gasteiger partial charge in [0.1, 0.15) is 11.6 Å². The Morgan fingerprint density at radius 3 is 2.34 bits per heavy atom. The molecule has 0 saturated carbocycles. The number of rotatable bonds is 4. The van der Waals surface area contributed by atoms with Crippen LogP contribution in [-0.4, -0.2) is 33.8 Å². The number of amides is 2. The number of nitrogens with zero attached hydrogens (tertiary/aromatic N) is 3. The molecule has 5 rings (SSSR count). The summed E-state index contributed by atoms with van der Waals surface area (Å²) in [5, 5.41) is 0.490. The number of carbonyl (C=O) groups excluding carboxylic acids is 2. The van der Waals surface area contributed by atoms with Crippen LogP contribution in [0.2, 0.25) is 0 Å². The van der Waals surface area contributed by atoms with Crippen LogP contribution in [0.4, 0.5) is 4.39 Å². The first-order valence-electron chi connectivity index (χ1n) is 10.1. The van der Waals surface area contributed by atoms with Crippen molar-refractivity contribution in [2.45, 2.75) is 13.0 Å². The van der Waals surface area contributed by atoms with Gasteiger partial charge in [0.2, 0.25) is 0 Å². The molecule has 3 heterocycles. The van der Waals surface area contributed by atoms with E-state index in [-0.39, 0.29) is 11.8 Å². The maximum atomic E-state index is 14.1. The topological polar surface area (TPSA) is 72.4 Å². The van der Waals surface area contributed by atoms with E-state index in [1.54, 1.807) is 55.7 Å². The standard InChI is InChI=1S/C25H18FN3O3/c1-14(29-24(30)17-7-3-4-8-18(17)25(29)31)22-21(15-6-5-11-27-13-15)23(32-2)19-12-16(26)9-10-20(19)28-22/h3-14H,1-2H3/t14-/m0/s1. The normalized spacial score (nSPS) is 14.0. The minimum Gasteiger partial charge on any atom is -0.495 e. The second-order valence-electron chi connectivity index (χ2n) is 7.51. The van der Waals surface area contributed by atoms with Gasteiger partial charge >= 0.3 is 0 Å². The van der Waals surface area contributed by atoms with Gasteiger partial charge in [-0.3, -0.25) is 19.5 Å². The van der Waals surface area contributed by atoms with Gasteiger partial charge in [0, 0.05) is 28.9 Å². The maximum Gasteiger partial charge on any atom is 0.262 e. The van der Waals surface area contributed by atoms with E-state index >= 15 is 0 Å². The summed E-state index contributed by atoms with van der Waals surface area (Å²) in [4.78, 5) is 36.4. The monoisotopic (exact) mass is 427 g/mol. The SMILES string of the molecule is COc1c(-c2cccnc2)c([C@H](C)N2C(=O)c3ccccc3C2=O)nc2ccc(F)cc12. The van der Waals surface area contributed by atoms with Crippen LogP contribution in [-0.2, 0) is 0 Å². The number of aromatic nitrogens is 2. The third-order valence-electron chi connectivity index (χ3n) is 5.69. The molecule has 0 N–H and O–H groups in total. The van der Waals surface area contributed by atoms with Crippen LogP contribution in [0.25, 0.3) is 22.0 Å². The van der Waals surface area contributed by atoms with Crippen LogP contribution in [0.5, 0.6) is 5.75 Å². The van der Waals surface area contributed by atoms with Crippen LogP contribution >= 0.6 is 0 Å². The fourth-order valence-corrected chi connectivity index (χ4v) is 4.21. The number of benzene rings is 2. The summed E-state index contributed by atoms with van der Waals surface area (Å²) in [6.07, 6.45) is 3.28. The van der Waals surface area contributed by atoms with E-state index in [4.69, 9.17) is 9.72 Å². The molecule has 1 aliphatic heterocycles. The Morgan fingerprint density at radius 2 is 1.72 bits per heavy atom. The molecule has 0 aliphatic carbocycles. The Kier molecular flexibility index (Phi) is 4.66. The third-order valence-corrected chi connectivity index (χ3v) is 5.69. The first-order valence-corrected chi connectivity index (χ1v) is 10.1. The molecule has 158 valence electrons. The van der Waals surface area contributed by atoms with Crippen molar-refractivity contribution in [1.82, 2.24) is 14.9 Å². The third kappa shape index (κ3) is 2.93. The molecule has 2 aromatic carbocycles. The number of halogens is 1. The maximum absolute atomic E-state index is 14.1. The van der Waals surface area contributed by atoms with Crippen molar-refractivity contribution in [3.05, 3.63) is 89.6 Å². The molecule has 0 spiro atoms. The lowest BCUT2D eigenvalue weighted by atomic mass is 9.97. The zero-order valence-electron chi connectivity index (χ0n) is 17.4. The lowest BCUT2D eigenvalue weighted by molar-refractivity contribution is 0.0592. The van der Waals surface area contributed by atoms with E-state index < -0.39 is 11.9 Å². The highest BCUT2D eigenvalue weighted by atomic mass is 19.1. The number of ether oxygens (including phenoxy) is 1. The summed E-state index contributed by atoms with van der Waals surface area (Å²) >= 11 is 0. The van der Waals surface area contributed by atoms with Gasteiger partial charge in [-0.1, -0.05) is 18.2 Å². The highest BCUT2D eigenvalue weighted by Gasteiger charge is 2.40. The number of pyridine rings is 2. The predicted octanol–water partition coefficient (Wildman–Crippen LogP) is 4.80. The molecule has 7 heteroatoms. The number of fused-ring (bicyclic) bond motifs is 2. The van der Waals surface area contributed by atoms with Crippen molar-refractivity contribution in [2.24, 2.45) is 0 Å². The molecule has 0 bridgehead atoms. The van der Waals surface area contributed by atoms with E-state index in [2.05, 4.69) is 4.98 Å². The molecule has 2 amide bonds. The first kappa shape index (κ1) is 19.8. The molecule has 0 fully saturated rings. The smallest absolute Gasteiger partial charge is 0.262 e. The van der Waals surface area contributed by atoms with Crippen molar-refractivity contribution < 1.29 is 18.7 Å². The Labute approximate surface area is 183 Å². The molecular weight excluding hydrogens is 409 g/mol. The summed E-state index contributed by atoms with van der Waals surface area (Å²) in [5.41, 5.74) is 2.92. The molecule has 4 aromatic rings. The van der Waals surface area contributed by atoms with Gasteiger partial charge < -0.3 is 4.74 Å². The molecule has 0 radical (unpaired) electrons. The fourth-order valence-electron chi connectivity index (χ4n) is 4.21. The molecule has 6 nitrogen and oxygen atoms in total. The average Bonchev–Trinajstić information content (AvgIpc) is 3.08. The molecule has 32 heavy (non-hydrogen) atoms. The summed E-state index contributed by atoms with van der Waals surface area (Å²) in [6, 6.07) is 13.8. The van der Waals surface area contributed by atoms with Gasteiger partial charge in [0.15, 0.2) is 0 Å². The van der Waals surface area contributed by atoms with Crippen molar-refractivity contribution in [1.29, 1.82) is 0 Å². The fraction of sp³-hybridized carbons (Fsp3) is 0.120. The molecule has 0 unspecified atom stereocenters. The molecule has 1 atom stereocenters. The summed E-state index contributed by atoms with van der Waals surface area (Å²) in [6.45, 7) is 1.75. The zero-order valence-corrected chi connectivity index (χ0v) is 17.4. The van der Waals surface area contributed by atoms with Gasteiger partial charge in [0.05, 0.1) is 35.5 Å². The van der Waals surface area contributed by atoms with E-state index in [9.17, 15) is 14.0 Å². The zero-order chi connectivity index (χ0) is 22.4. The van der Waals surface area contributed by atoms with Gasteiger partial charge in [-0.2, -0.15) is 0 Å². The molecular formula is C25H18FN3O3. The molecule has 1 aliphatic rings. The van der Waals surface area contributed by atoms with Crippen LogP contribution in [0.3, 0.4) is 0 Å². The highest BCUT2D eigenvalue weighted by molar-refractivity contribution is 6.21. The largest absolute Gasteiger partial charge is 0.495 e. The predicted molar refractivity (Wildman–Crippen MR) is 117 cm³/mol. The van der Waals surface area contributed by atoms with Crippen LogP contribution < -0.4 is 4.74 Å². The Morgan fingerprint density at radius 1 is 1.00 bits per heavy atom. The summed E-state index contributed by atoms with van der Waals surface area (Å²) in [5.74, 6) is -0.776. The molecule has 0 saturated heterocycles. The number of methoxy groups -OCH3 is 1. The number of carbonyl (C=O) groups is 2. The van der Waals surface area contributed by atoms with Crippen LogP contribution in [0, 0.1) is 5.82 Å². The number of hydrogen-bond acceptors (Lipinski definition) is 5. The minimum atomic E-state index is -0.707. The van der Waals surface area contributed by atoms with Crippen LogP contribution in [0.15, 0.2) is 67.0 Å². The highest BCUT2D eigenvalue weighted by Crippen LogP contribution is 2.43. The van der Waals surface area contributed by atoms with Gasteiger partial charge in [-0.05, 0) is 43.3 Å².